The smallest absolute Gasteiger partial charge is 0.353 e. The Morgan fingerprint density at radius 1 is 1.30 bits per heavy atom. The Morgan fingerprint density at radius 2 is 1.95 bits per heavy atom. The van der Waals surface area contributed by atoms with Gasteiger partial charge in [0.05, 0.1) is 11.2 Å². The lowest BCUT2D eigenvalue weighted by Crippen LogP contribution is -2.21. The Morgan fingerprint density at radius 3 is 2.50 bits per heavy atom. The quantitative estimate of drug-likeness (QED) is 0.739. The fourth-order valence-corrected chi connectivity index (χ4v) is 4.66. The van der Waals surface area contributed by atoms with E-state index in [4.69, 9.17) is 5.11 Å². The van der Waals surface area contributed by atoms with E-state index in [0.29, 0.717) is 17.1 Å². The van der Waals surface area contributed by atoms with E-state index < -0.39 is 19.5 Å². The largest absolute Gasteiger partial charge is 0.481 e. The number of carboxylic acids is 1. The molecule has 3 N–H and O–H groups in total. The molecule has 0 radical (unpaired) electrons. The van der Waals surface area contributed by atoms with Crippen molar-refractivity contribution in [3.63, 3.8) is 0 Å². The Labute approximate surface area is 120 Å². The molecular weight excluding hydrogens is 299 g/mol. The van der Waals surface area contributed by atoms with Gasteiger partial charge in [0.1, 0.15) is 0 Å². The Kier molecular flexibility index (Phi) is 4.70. The van der Waals surface area contributed by atoms with Crippen LogP contribution in [0.2, 0.25) is 0 Å². The van der Waals surface area contributed by atoms with Crippen molar-refractivity contribution in [3.8, 4) is 0 Å². The van der Waals surface area contributed by atoms with Crippen molar-refractivity contribution >= 4 is 25.3 Å². The van der Waals surface area contributed by atoms with Crippen LogP contribution >= 0.6 is 19.4 Å². The van der Waals surface area contributed by atoms with Crippen molar-refractivity contribution in [2.75, 3.05) is 5.75 Å². The molecule has 0 aromatic heterocycles. The van der Waals surface area contributed by atoms with E-state index in [0.717, 1.165) is 5.56 Å². The standard InChI is InChI=1S/C13H15O5PS/c14-13(15)10-7-11(19(16,17)18)12(20-8-10)6-9-4-2-1-3-5-9/h1-5,10H,6-8H2,(H,14,15)(H2,16,17,18)/t10-/m0/s1. The fraction of sp³-hybridized carbons (Fsp3) is 0.308. The summed E-state index contributed by atoms with van der Waals surface area (Å²) in [7, 11) is -4.42. The van der Waals surface area contributed by atoms with Crippen LogP contribution in [0, 0.1) is 5.92 Å². The molecule has 0 spiro atoms. The topological polar surface area (TPSA) is 94.8 Å². The summed E-state index contributed by atoms with van der Waals surface area (Å²) in [5, 5.41) is 8.99. The number of hydrogen-bond donors (Lipinski definition) is 3. The first-order valence-corrected chi connectivity index (χ1v) is 8.65. The number of carboxylic acid groups (broad SMARTS) is 1. The molecule has 0 amide bonds. The molecule has 1 aliphatic heterocycles. The van der Waals surface area contributed by atoms with Gasteiger partial charge >= 0.3 is 13.6 Å². The number of benzene rings is 1. The minimum Gasteiger partial charge on any atom is -0.481 e. The molecule has 0 saturated carbocycles. The van der Waals surface area contributed by atoms with Gasteiger partial charge in [-0.3, -0.25) is 9.36 Å². The summed E-state index contributed by atoms with van der Waals surface area (Å²) >= 11 is 1.24. The monoisotopic (exact) mass is 314 g/mol. The molecule has 2 rings (SSSR count). The number of hydrogen-bond acceptors (Lipinski definition) is 3. The van der Waals surface area contributed by atoms with Crippen LogP contribution in [0.3, 0.4) is 0 Å². The van der Waals surface area contributed by atoms with Crippen molar-refractivity contribution in [1.82, 2.24) is 0 Å². The van der Waals surface area contributed by atoms with Gasteiger partial charge in [0, 0.05) is 17.1 Å². The van der Waals surface area contributed by atoms with Crippen LogP contribution in [-0.2, 0) is 15.8 Å². The lowest BCUT2D eigenvalue weighted by atomic mass is 10.1. The molecule has 0 aliphatic carbocycles. The van der Waals surface area contributed by atoms with E-state index in [1.54, 1.807) is 0 Å². The summed E-state index contributed by atoms with van der Waals surface area (Å²) in [5.41, 5.74) is 0.953. The highest BCUT2D eigenvalue weighted by atomic mass is 32.2. The SMILES string of the molecule is O=C(O)[C@@H]1CSC(Cc2ccccc2)=C(P(=O)(O)O)C1. The zero-order chi connectivity index (χ0) is 14.8. The first-order valence-electron chi connectivity index (χ1n) is 6.05. The van der Waals surface area contributed by atoms with E-state index in [9.17, 15) is 19.1 Å². The molecule has 1 aromatic carbocycles. The van der Waals surface area contributed by atoms with Gasteiger partial charge in [0.15, 0.2) is 0 Å². The fourth-order valence-electron chi connectivity index (χ4n) is 2.06. The van der Waals surface area contributed by atoms with Crippen LogP contribution in [-0.4, -0.2) is 26.6 Å². The molecule has 5 nitrogen and oxygen atoms in total. The van der Waals surface area contributed by atoms with Crippen molar-refractivity contribution in [1.29, 1.82) is 0 Å². The second-order valence-corrected chi connectivity index (χ2v) is 7.37. The van der Waals surface area contributed by atoms with Crippen molar-refractivity contribution in [2.24, 2.45) is 5.92 Å². The second kappa shape index (κ2) is 6.14. The van der Waals surface area contributed by atoms with E-state index >= 15 is 0 Å². The predicted octanol–water partition coefficient (Wildman–Crippen LogP) is 2.46. The molecule has 20 heavy (non-hydrogen) atoms. The molecule has 0 unspecified atom stereocenters. The molecule has 7 heteroatoms. The third kappa shape index (κ3) is 3.73. The van der Waals surface area contributed by atoms with Crippen LogP contribution in [0.5, 0.6) is 0 Å². The number of rotatable bonds is 4. The van der Waals surface area contributed by atoms with Gasteiger partial charge in [-0.1, -0.05) is 30.3 Å². The van der Waals surface area contributed by atoms with E-state index in [1.165, 1.54) is 11.8 Å². The lowest BCUT2D eigenvalue weighted by Gasteiger charge is -2.25. The molecule has 0 bridgehead atoms. The molecule has 1 atom stereocenters. The summed E-state index contributed by atoms with van der Waals surface area (Å²) in [6, 6.07) is 9.36. The second-order valence-electron chi connectivity index (χ2n) is 4.63. The minimum atomic E-state index is -4.42. The van der Waals surface area contributed by atoms with E-state index in [1.807, 2.05) is 30.3 Å². The zero-order valence-corrected chi connectivity index (χ0v) is 12.3. The summed E-state index contributed by atoms with van der Waals surface area (Å²) in [5.74, 6) is -1.40. The molecular formula is C13H15O5PS. The van der Waals surface area contributed by atoms with Gasteiger partial charge < -0.3 is 14.9 Å². The third-order valence-electron chi connectivity index (χ3n) is 3.13. The maximum Gasteiger partial charge on any atom is 0.353 e. The highest BCUT2D eigenvalue weighted by Crippen LogP contribution is 2.54. The molecule has 0 saturated heterocycles. The van der Waals surface area contributed by atoms with Crippen molar-refractivity contribution in [2.45, 2.75) is 12.8 Å². The normalized spacial score (nSPS) is 20.0. The molecule has 1 heterocycles. The highest BCUT2D eigenvalue weighted by molar-refractivity contribution is 8.03. The first kappa shape index (κ1) is 15.3. The van der Waals surface area contributed by atoms with Gasteiger partial charge in [0.2, 0.25) is 0 Å². The average Bonchev–Trinajstić information content (AvgIpc) is 2.39. The third-order valence-corrected chi connectivity index (χ3v) is 5.74. The summed E-state index contributed by atoms with van der Waals surface area (Å²) < 4.78 is 11.6. The maximum absolute atomic E-state index is 11.6. The number of thioether (sulfide) groups is 1. The van der Waals surface area contributed by atoms with Crippen LogP contribution in [0.4, 0.5) is 0 Å². The molecule has 108 valence electrons. The van der Waals surface area contributed by atoms with Gasteiger partial charge in [-0.2, -0.15) is 0 Å². The number of allylic oxidation sites excluding steroid dienone is 2. The predicted molar refractivity (Wildman–Crippen MR) is 77.4 cm³/mol. The van der Waals surface area contributed by atoms with Crippen LogP contribution < -0.4 is 0 Å². The minimum absolute atomic E-state index is 0.0231. The first-order chi connectivity index (χ1) is 9.38. The Bertz CT molecular complexity index is 578. The van der Waals surface area contributed by atoms with E-state index in [-0.39, 0.29) is 11.7 Å². The van der Waals surface area contributed by atoms with Crippen LogP contribution in [0.1, 0.15) is 12.0 Å². The van der Waals surface area contributed by atoms with E-state index in [2.05, 4.69) is 0 Å². The van der Waals surface area contributed by atoms with Crippen LogP contribution in [0.15, 0.2) is 40.6 Å². The summed E-state index contributed by atoms with van der Waals surface area (Å²) in [6.07, 6.45) is 0.354. The van der Waals surface area contributed by atoms with Gasteiger partial charge in [-0.25, -0.2) is 0 Å². The zero-order valence-electron chi connectivity index (χ0n) is 10.6. The van der Waals surface area contributed by atoms with Gasteiger partial charge in [-0.05, 0) is 12.0 Å². The lowest BCUT2D eigenvalue weighted by molar-refractivity contribution is -0.140. The van der Waals surface area contributed by atoms with Gasteiger partial charge in [-0.15, -0.1) is 11.8 Å². The summed E-state index contributed by atoms with van der Waals surface area (Å²) in [6.45, 7) is 0. The Hall–Kier alpha value is -1.07. The molecule has 0 fully saturated rings. The number of aliphatic carboxylic acids is 1. The van der Waals surface area contributed by atoms with Crippen LogP contribution in [0.25, 0.3) is 0 Å². The number of carbonyl (C=O) groups is 1. The van der Waals surface area contributed by atoms with Gasteiger partial charge in [0.25, 0.3) is 0 Å². The molecule has 1 aliphatic rings. The average molecular weight is 314 g/mol. The van der Waals surface area contributed by atoms with Crippen molar-refractivity contribution in [3.05, 3.63) is 46.1 Å². The Balaban J connectivity index is 2.31. The molecule has 1 aromatic rings. The highest BCUT2D eigenvalue weighted by Gasteiger charge is 2.34. The maximum atomic E-state index is 11.6. The summed E-state index contributed by atoms with van der Waals surface area (Å²) in [4.78, 5) is 30.5. The van der Waals surface area contributed by atoms with Crippen molar-refractivity contribution < 1.29 is 24.3 Å².